The maximum Gasteiger partial charge on any atom is 0.353 e. The zero-order valence-corrected chi connectivity index (χ0v) is 12.3. The number of nitrogens with zero attached hydrogens (tertiary/aromatic N) is 5. The fourth-order valence-electron chi connectivity index (χ4n) is 3.45. The molecule has 114 valence electrons. The van der Waals surface area contributed by atoms with Gasteiger partial charge in [0.25, 0.3) is 0 Å². The molecule has 2 saturated heterocycles. The third-order valence-electron chi connectivity index (χ3n) is 4.67. The van der Waals surface area contributed by atoms with Crippen molar-refractivity contribution in [2.75, 3.05) is 37.4 Å². The molecular weight excluding hydrogens is 272 g/mol. The molecule has 2 aliphatic heterocycles. The number of nitro groups is 1. The highest BCUT2D eigenvalue weighted by atomic mass is 16.6. The molecule has 0 spiro atoms. The van der Waals surface area contributed by atoms with Gasteiger partial charge in [0.1, 0.15) is 6.33 Å². The van der Waals surface area contributed by atoms with Crippen molar-refractivity contribution >= 4 is 17.3 Å². The van der Waals surface area contributed by atoms with Crippen molar-refractivity contribution in [1.82, 2.24) is 14.9 Å². The first-order chi connectivity index (χ1) is 10.1. The smallest absolute Gasteiger partial charge is 0.353 e. The van der Waals surface area contributed by atoms with Crippen LogP contribution in [0.1, 0.15) is 19.3 Å². The first-order valence-electron chi connectivity index (χ1n) is 7.26. The van der Waals surface area contributed by atoms with E-state index in [1.807, 2.05) is 4.90 Å². The van der Waals surface area contributed by atoms with Crippen LogP contribution in [0, 0.1) is 10.1 Å². The van der Waals surface area contributed by atoms with Crippen molar-refractivity contribution in [1.29, 1.82) is 0 Å². The lowest BCUT2D eigenvalue weighted by atomic mass is 10.1. The number of aromatic nitrogens is 2. The molecule has 1 N–H and O–H groups in total. The Morgan fingerprint density at radius 1 is 1.33 bits per heavy atom. The molecule has 0 aromatic carbocycles. The Morgan fingerprint density at radius 2 is 2.10 bits per heavy atom. The summed E-state index contributed by atoms with van der Waals surface area (Å²) in [4.78, 5) is 23.6. The molecule has 1 aromatic rings. The van der Waals surface area contributed by atoms with Crippen molar-refractivity contribution < 1.29 is 4.92 Å². The summed E-state index contributed by atoms with van der Waals surface area (Å²) in [6, 6.07) is 1.04. The Labute approximate surface area is 123 Å². The second kappa shape index (κ2) is 5.44. The van der Waals surface area contributed by atoms with Crippen molar-refractivity contribution in [2.45, 2.75) is 31.3 Å². The van der Waals surface area contributed by atoms with Gasteiger partial charge in [-0.05, 0) is 26.3 Å². The molecule has 0 radical (unpaired) electrons. The fourth-order valence-corrected chi connectivity index (χ4v) is 3.45. The van der Waals surface area contributed by atoms with Gasteiger partial charge < -0.3 is 10.2 Å². The van der Waals surface area contributed by atoms with Crippen LogP contribution in [0.5, 0.6) is 0 Å². The highest BCUT2D eigenvalue weighted by molar-refractivity contribution is 5.70. The summed E-state index contributed by atoms with van der Waals surface area (Å²) in [6.45, 7) is 1.58. The van der Waals surface area contributed by atoms with Crippen molar-refractivity contribution in [3.63, 3.8) is 0 Å². The molecule has 8 heteroatoms. The lowest BCUT2D eigenvalue weighted by Gasteiger charge is -2.26. The topological polar surface area (TPSA) is 87.4 Å². The monoisotopic (exact) mass is 292 g/mol. The quantitative estimate of drug-likeness (QED) is 0.659. The molecule has 0 amide bonds. The van der Waals surface area contributed by atoms with Gasteiger partial charge >= 0.3 is 5.69 Å². The Balaban J connectivity index is 1.95. The molecule has 2 fully saturated rings. The zero-order valence-electron chi connectivity index (χ0n) is 12.3. The van der Waals surface area contributed by atoms with Crippen molar-refractivity contribution in [3.05, 3.63) is 16.4 Å². The third-order valence-corrected chi connectivity index (χ3v) is 4.67. The minimum absolute atomic E-state index is 0.0274. The number of likely N-dealkylation sites (N-methyl/N-ethyl adjacent to an activating group) is 1. The molecule has 8 nitrogen and oxygen atoms in total. The van der Waals surface area contributed by atoms with Gasteiger partial charge in [-0.2, -0.15) is 0 Å². The van der Waals surface area contributed by atoms with Gasteiger partial charge in [0.05, 0.1) is 4.92 Å². The number of rotatable bonds is 3. The average molecular weight is 292 g/mol. The summed E-state index contributed by atoms with van der Waals surface area (Å²) < 4.78 is 0. The average Bonchev–Trinajstić information content (AvgIpc) is 2.71. The van der Waals surface area contributed by atoms with Crippen LogP contribution in [0.2, 0.25) is 0 Å². The largest absolute Gasteiger partial charge is 0.367 e. The molecule has 3 heterocycles. The van der Waals surface area contributed by atoms with Crippen molar-refractivity contribution in [3.8, 4) is 0 Å². The standard InChI is InChI=1S/C13H20N6O2/c1-14-12-11(19(20)21)13(16-8-15-12)18-6-5-9-3-4-10(7-18)17(9)2/h8-10H,3-7H2,1-2H3,(H,14,15,16). The molecule has 2 atom stereocenters. The van der Waals surface area contributed by atoms with Gasteiger partial charge in [0.15, 0.2) is 0 Å². The second-order valence-corrected chi connectivity index (χ2v) is 5.69. The third kappa shape index (κ3) is 2.39. The molecule has 1 aromatic heterocycles. The van der Waals surface area contributed by atoms with E-state index < -0.39 is 4.92 Å². The van der Waals surface area contributed by atoms with Gasteiger partial charge in [-0.1, -0.05) is 0 Å². The molecular formula is C13H20N6O2. The Morgan fingerprint density at radius 3 is 2.81 bits per heavy atom. The highest BCUT2D eigenvalue weighted by Gasteiger charge is 2.37. The van der Waals surface area contributed by atoms with Crippen LogP contribution in [0.3, 0.4) is 0 Å². The van der Waals surface area contributed by atoms with Gasteiger partial charge in [0.2, 0.25) is 11.6 Å². The summed E-state index contributed by atoms with van der Waals surface area (Å²) in [5.41, 5.74) is -0.0274. The SMILES string of the molecule is CNc1ncnc(N2CCC3CCC(C2)N3C)c1[N+](=O)[O-]. The second-order valence-electron chi connectivity index (χ2n) is 5.69. The van der Waals surface area contributed by atoms with E-state index in [0.29, 0.717) is 17.9 Å². The number of hydrogen-bond donors (Lipinski definition) is 1. The van der Waals surface area contributed by atoms with Gasteiger partial charge in [0, 0.05) is 32.2 Å². The van der Waals surface area contributed by atoms with Gasteiger partial charge in [-0.15, -0.1) is 0 Å². The lowest BCUT2D eigenvalue weighted by molar-refractivity contribution is -0.383. The van der Waals surface area contributed by atoms with E-state index >= 15 is 0 Å². The number of nitrogens with one attached hydrogen (secondary N) is 1. The maximum absolute atomic E-state index is 11.4. The Hall–Kier alpha value is -1.96. The van der Waals surface area contributed by atoms with Crippen LogP contribution in [0.4, 0.5) is 17.3 Å². The predicted octanol–water partition coefficient (Wildman–Crippen LogP) is 1.10. The van der Waals surface area contributed by atoms with Crippen LogP contribution < -0.4 is 10.2 Å². The van der Waals surface area contributed by atoms with Crippen molar-refractivity contribution in [2.24, 2.45) is 0 Å². The predicted molar refractivity (Wildman–Crippen MR) is 79.6 cm³/mol. The fraction of sp³-hybridized carbons (Fsp3) is 0.692. The van der Waals surface area contributed by atoms with Crippen LogP contribution in [-0.2, 0) is 0 Å². The van der Waals surface area contributed by atoms with E-state index in [4.69, 9.17) is 0 Å². The summed E-state index contributed by atoms with van der Waals surface area (Å²) in [6.07, 6.45) is 4.78. The molecule has 2 unspecified atom stereocenters. The molecule has 0 saturated carbocycles. The van der Waals surface area contributed by atoms with E-state index in [1.165, 1.54) is 12.7 Å². The molecule has 2 bridgehead atoms. The molecule has 2 aliphatic rings. The first-order valence-corrected chi connectivity index (χ1v) is 7.26. The number of anilines is 2. The van der Waals surface area contributed by atoms with E-state index in [0.717, 1.165) is 25.9 Å². The number of hydrogen-bond acceptors (Lipinski definition) is 7. The first kappa shape index (κ1) is 14.0. The summed E-state index contributed by atoms with van der Waals surface area (Å²) in [5, 5.41) is 14.2. The van der Waals surface area contributed by atoms with Crippen LogP contribution in [-0.4, -0.2) is 59.1 Å². The minimum atomic E-state index is -0.395. The zero-order chi connectivity index (χ0) is 15.0. The summed E-state index contributed by atoms with van der Waals surface area (Å²) in [7, 11) is 3.79. The van der Waals surface area contributed by atoms with E-state index in [-0.39, 0.29) is 11.5 Å². The van der Waals surface area contributed by atoms with E-state index in [9.17, 15) is 10.1 Å². The molecule has 0 aliphatic carbocycles. The van der Waals surface area contributed by atoms with E-state index in [2.05, 4.69) is 27.2 Å². The number of fused-ring (bicyclic) bond motifs is 2. The summed E-state index contributed by atoms with van der Waals surface area (Å²) in [5.74, 6) is 0.702. The molecule has 21 heavy (non-hydrogen) atoms. The lowest BCUT2D eigenvalue weighted by Crippen LogP contribution is -2.37. The van der Waals surface area contributed by atoms with Gasteiger partial charge in [-0.3, -0.25) is 15.0 Å². The van der Waals surface area contributed by atoms with E-state index in [1.54, 1.807) is 7.05 Å². The minimum Gasteiger partial charge on any atom is -0.367 e. The highest BCUT2D eigenvalue weighted by Crippen LogP contribution is 2.35. The Bertz CT molecular complexity index is 551. The van der Waals surface area contributed by atoms with Crippen LogP contribution in [0.25, 0.3) is 0 Å². The normalized spacial score (nSPS) is 25.7. The maximum atomic E-state index is 11.4. The Kier molecular flexibility index (Phi) is 3.62. The van der Waals surface area contributed by atoms with Crippen LogP contribution >= 0.6 is 0 Å². The molecule has 3 rings (SSSR count). The van der Waals surface area contributed by atoms with Gasteiger partial charge in [-0.25, -0.2) is 9.97 Å². The summed E-state index contributed by atoms with van der Waals surface area (Å²) >= 11 is 0. The van der Waals surface area contributed by atoms with Crippen LogP contribution in [0.15, 0.2) is 6.33 Å².